The number of aliphatic hydroxyl groups excluding tert-OH is 2. The first-order valence-electron chi connectivity index (χ1n) is 6.44. The van der Waals surface area contributed by atoms with E-state index in [4.69, 9.17) is 4.74 Å². The van der Waals surface area contributed by atoms with Crippen molar-refractivity contribution in [2.24, 2.45) is 0 Å². The van der Waals surface area contributed by atoms with Gasteiger partial charge in [-0.1, -0.05) is 0 Å². The number of hydrogen-bond donors (Lipinski definition) is 4. The fourth-order valence-corrected chi connectivity index (χ4v) is 2.26. The van der Waals surface area contributed by atoms with Crippen LogP contribution in [0.25, 0.3) is 0 Å². The van der Waals surface area contributed by atoms with Gasteiger partial charge in [0.2, 0.25) is 0 Å². The first kappa shape index (κ1) is 14.9. The third kappa shape index (κ3) is 3.34. The monoisotopic (exact) mass is 284 g/mol. The van der Waals surface area contributed by atoms with Crippen molar-refractivity contribution in [2.75, 3.05) is 20.6 Å². The van der Waals surface area contributed by atoms with Crippen LogP contribution in [0.3, 0.4) is 0 Å². The normalized spacial score (nSPS) is 30.4. The smallest absolute Gasteiger partial charge is 0.269 e. The molecule has 1 aromatic heterocycles. The lowest BCUT2D eigenvalue weighted by molar-refractivity contribution is -0.232. The maximum Gasteiger partial charge on any atom is 0.269 e. The lowest BCUT2D eigenvalue weighted by Crippen LogP contribution is -2.55. The number of amides is 1. The molecular weight excluding hydrogens is 264 g/mol. The van der Waals surface area contributed by atoms with Crippen LogP contribution in [-0.2, 0) is 4.74 Å². The quantitative estimate of drug-likeness (QED) is 0.538. The highest BCUT2D eigenvalue weighted by atomic mass is 16.6. The highest BCUT2D eigenvalue weighted by Crippen LogP contribution is 2.21. The largest absolute Gasteiger partial charge is 0.386 e. The van der Waals surface area contributed by atoms with Crippen molar-refractivity contribution < 1.29 is 19.7 Å². The van der Waals surface area contributed by atoms with Crippen LogP contribution in [-0.4, -0.2) is 76.4 Å². The van der Waals surface area contributed by atoms with Gasteiger partial charge in [0.05, 0.1) is 6.10 Å². The molecule has 4 N–H and O–H groups in total. The van der Waals surface area contributed by atoms with E-state index in [1.807, 2.05) is 19.0 Å². The summed E-state index contributed by atoms with van der Waals surface area (Å²) in [5.41, 5.74) is 0.366. The molecule has 0 radical (unpaired) electrons. The van der Waals surface area contributed by atoms with Crippen molar-refractivity contribution >= 4 is 5.91 Å². The average molecular weight is 284 g/mol. The molecule has 20 heavy (non-hydrogen) atoms. The maximum atomic E-state index is 11.7. The number of nitrogens with zero attached hydrogens (tertiary/aromatic N) is 2. The fourth-order valence-electron chi connectivity index (χ4n) is 2.26. The van der Waals surface area contributed by atoms with Crippen LogP contribution < -0.4 is 5.32 Å². The van der Waals surface area contributed by atoms with Crippen LogP contribution in [0, 0.1) is 0 Å². The van der Waals surface area contributed by atoms with Gasteiger partial charge in [-0.2, -0.15) is 5.10 Å². The standard InChI is InChI=1S/C12H20N4O4/c1-16(2)9-5-7(20-12(19)10(9)17)6-13-11(18)8-3-4-14-15-8/h3-4,7,9-10,12,17,19H,5-6H2,1-2H3,(H,13,18)(H,14,15)/t7-,9?,10?,12+/m0/s1. The summed E-state index contributed by atoms with van der Waals surface area (Å²) in [4.78, 5) is 13.6. The molecule has 112 valence electrons. The van der Waals surface area contributed by atoms with Crippen LogP contribution in [0.1, 0.15) is 16.9 Å². The number of ether oxygens (including phenoxy) is 1. The predicted molar refractivity (Wildman–Crippen MR) is 69.9 cm³/mol. The predicted octanol–water partition coefficient (Wildman–Crippen LogP) is -1.46. The van der Waals surface area contributed by atoms with Gasteiger partial charge in [0, 0.05) is 18.8 Å². The van der Waals surface area contributed by atoms with E-state index in [1.54, 1.807) is 6.07 Å². The number of carbonyl (C=O) groups excluding carboxylic acids is 1. The minimum atomic E-state index is -1.25. The summed E-state index contributed by atoms with van der Waals surface area (Å²) in [6, 6.07) is 1.35. The van der Waals surface area contributed by atoms with E-state index in [9.17, 15) is 15.0 Å². The molecule has 2 rings (SSSR count). The van der Waals surface area contributed by atoms with E-state index in [1.165, 1.54) is 6.20 Å². The van der Waals surface area contributed by atoms with Crippen molar-refractivity contribution in [3.05, 3.63) is 18.0 Å². The minimum Gasteiger partial charge on any atom is -0.386 e. The average Bonchev–Trinajstić information content (AvgIpc) is 2.93. The number of aromatic amines is 1. The molecule has 8 nitrogen and oxygen atoms in total. The van der Waals surface area contributed by atoms with Crippen LogP contribution in [0.5, 0.6) is 0 Å². The Balaban J connectivity index is 1.88. The van der Waals surface area contributed by atoms with Crippen molar-refractivity contribution in [3.8, 4) is 0 Å². The number of carbonyl (C=O) groups is 1. The summed E-state index contributed by atoms with van der Waals surface area (Å²) >= 11 is 0. The molecule has 1 aliphatic heterocycles. The number of rotatable bonds is 4. The molecule has 4 atom stereocenters. The SMILES string of the molecule is CN(C)C1C[C@@H](CNC(=O)c2ccn[nH]2)O[C@@H](O)C1O. The van der Waals surface area contributed by atoms with E-state index in [0.29, 0.717) is 12.1 Å². The molecule has 2 heterocycles. The van der Waals surface area contributed by atoms with E-state index in [2.05, 4.69) is 15.5 Å². The molecule has 2 unspecified atom stereocenters. The van der Waals surface area contributed by atoms with Crippen molar-refractivity contribution in [3.63, 3.8) is 0 Å². The number of H-pyrrole nitrogens is 1. The number of aromatic nitrogens is 2. The van der Waals surface area contributed by atoms with E-state index >= 15 is 0 Å². The first-order chi connectivity index (χ1) is 9.49. The van der Waals surface area contributed by atoms with E-state index < -0.39 is 12.4 Å². The Labute approximate surface area is 116 Å². The molecule has 1 aromatic rings. The second-order valence-electron chi connectivity index (χ2n) is 5.09. The fraction of sp³-hybridized carbons (Fsp3) is 0.667. The molecule has 0 saturated carbocycles. The molecule has 1 aliphatic rings. The van der Waals surface area contributed by atoms with E-state index in [-0.39, 0.29) is 24.6 Å². The Morgan fingerprint density at radius 3 is 2.95 bits per heavy atom. The van der Waals surface area contributed by atoms with Crippen molar-refractivity contribution in [2.45, 2.75) is 31.0 Å². The molecule has 0 aromatic carbocycles. The van der Waals surface area contributed by atoms with Crippen LogP contribution >= 0.6 is 0 Å². The van der Waals surface area contributed by atoms with Gasteiger partial charge in [-0.25, -0.2) is 0 Å². The highest BCUT2D eigenvalue weighted by molar-refractivity contribution is 5.92. The number of nitrogens with one attached hydrogen (secondary N) is 2. The lowest BCUT2D eigenvalue weighted by atomic mass is 9.98. The van der Waals surface area contributed by atoms with Gasteiger partial charge in [-0.05, 0) is 26.6 Å². The Morgan fingerprint density at radius 1 is 1.60 bits per heavy atom. The zero-order valence-corrected chi connectivity index (χ0v) is 11.5. The van der Waals surface area contributed by atoms with Crippen LogP contribution in [0.4, 0.5) is 0 Å². The summed E-state index contributed by atoms with van der Waals surface area (Å²) < 4.78 is 5.29. The lowest BCUT2D eigenvalue weighted by Gasteiger charge is -2.40. The van der Waals surface area contributed by atoms with Gasteiger partial charge in [-0.15, -0.1) is 0 Å². The summed E-state index contributed by atoms with van der Waals surface area (Å²) in [6.07, 6.45) is -0.537. The van der Waals surface area contributed by atoms with Gasteiger partial charge < -0.3 is 25.2 Å². The molecular formula is C12H20N4O4. The zero-order valence-electron chi connectivity index (χ0n) is 11.5. The number of likely N-dealkylation sites (N-methyl/N-ethyl adjacent to an activating group) is 1. The summed E-state index contributed by atoms with van der Waals surface area (Å²) in [5, 5.41) is 28.5. The molecule has 1 amide bonds. The molecule has 1 fully saturated rings. The second kappa shape index (κ2) is 6.31. The van der Waals surface area contributed by atoms with Crippen LogP contribution in [0.15, 0.2) is 12.3 Å². The van der Waals surface area contributed by atoms with Gasteiger partial charge in [0.15, 0.2) is 6.29 Å². The van der Waals surface area contributed by atoms with Crippen molar-refractivity contribution in [1.29, 1.82) is 0 Å². The number of aliphatic hydroxyl groups is 2. The first-order valence-corrected chi connectivity index (χ1v) is 6.44. The summed E-state index contributed by atoms with van der Waals surface area (Å²) in [6.45, 7) is 0.256. The van der Waals surface area contributed by atoms with Gasteiger partial charge in [-0.3, -0.25) is 9.89 Å². The topological polar surface area (TPSA) is 111 Å². The molecule has 0 spiro atoms. The van der Waals surface area contributed by atoms with Crippen molar-refractivity contribution in [1.82, 2.24) is 20.4 Å². The van der Waals surface area contributed by atoms with Crippen LogP contribution in [0.2, 0.25) is 0 Å². The minimum absolute atomic E-state index is 0.215. The third-order valence-corrected chi connectivity index (χ3v) is 3.42. The van der Waals surface area contributed by atoms with E-state index in [0.717, 1.165) is 0 Å². The molecule has 1 saturated heterocycles. The summed E-state index contributed by atoms with van der Waals surface area (Å²) in [5.74, 6) is -0.284. The van der Waals surface area contributed by atoms with Gasteiger partial charge in [0.1, 0.15) is 11.8 Å². The second-order valence-corrected chi connectivity index (χ2v) is 5.09. The highest BCUT2D eigenvalue weighted by Gasteiger charge is 2.37. The molecule has 8 heteroatoms. The molecule has 0 aliphatic carbocycles. The van der Waals surface area contributed by atoms with Gasteiger partial charge >= 0.3 is 0 Å². The maximum absolute atomic E-state index is 11.7. The summed E-state index contributed by atoms with van der Waals surface area (Å²) in [7, 11) is 3.65. The Kier molecular flexibility index (Phi) is 4.71. The number of hydrogen-bond acceptors (Lipinski definition) is 6. The molecule has 0 bridgehead atoms. The Hall–Kier alpha value is -1.48. The Bertz CT molecular complexity index is 437. The third-order valence-electron chi connectivity index (χ3n) is 3.42. The zero-order chi connectivity index (χ0) is 14.7. The van der Waals surface area contributed by atoms with Gasteiger partial charge in [0.25, 0.3) is 5.91 Å². The Morgan fingerprint density at radius 2 is 2.35 bits per heavy atom.